The van der Waals surface area contributed by atoms with Gasteiger partial charge in [-0.2, -0.15) is 0 Å². The van der Waals surface area contributed by atoms with Crippen molar-refractivity contribution < 1.29 is 14.4 Å². The van der Waals surface area contributed by atoms with Crippen LogP contribution in [0.3, 0.4) is 0 Å². The number of hydrogen-bond acceptors (Lipinski definition) is 7. The largest absolute Gasteiger partial charge is 0.470 e. The lowest BCUT2D eigenvalue weighted by Crippen LogP contribution is -1.92. The summed E-state index contributed by atoms with van der Waals surface area (Å²) in [5, 5.41) is 25.3. The van der Waals surface area contributed by atoms with E-state index >= 15 is 0 Å². The number of ether oxygens (including phenoxy) is 2. The lowest BCUT2D eigenvalue weighted by Gasteiger charge is -2.05. The standard InChI is InChI=1S/C16H14N4O4/c17-12-23-11-16(24-10-13-4-2-1-3-5-13)19-18-14-6-8-15(9-7-14)20(21)22/h1-9,11-12,17H,10H2/b16-11+,17-12?,19-18?. The van der Waals surface area contributed by atoms with E-state index < -0.39 is 4.92 Å². The highest BCUT2D eigenvalue weighted by atomic mass is 16.6. The molecule has 24 heavy (non-hydrogen) atoms. The first kappa shape index (κ1) is 16.8. The minimum absolute atomic E-state index is 0.0304. The van der Waals surface area contributed by atoms with Crippen LogP contribution in [0.1, 0.15) is 5.56 Å². The van der Waals surface area contributed by atoms with Crippen molar-refractivity contribution in [2.75, 3.05) is 0 Å². The molecule has 0 aromatic heterocycles. The normalized spacial score (nSPS) is 11.2. The molecule has 8 nitrogen and oxygen atoms in total. The predicted molar refractivity (Wildman–Crippen MR) is 86.8 cm³/mol. The van der Waals surface area contributed by atoms with E-state index in [1.165, 1.54) is 24.3 Å². The molecule has 8 heteroatoms. The van der Waals surface area contributed by atoms with Gasteiger partial charge >= 0.3 is 0 Å². The fraction of sp³-hybridized carbons (Fsp3) is 0.0625. The molecule has 0 aliphatic heterocycles. The van der Waals surface area contributed by atoms with Gasteiger partial charge in [0, 0.05) is 12.1 Å². The second kappa shape index (κ2) is 8.79. The van der Waals surface area contributed by atoms with Crippen molar-refractivity contribution in [2.24, 2.45) is 10.2 Å². The van der Waals surface area contributed by atoms with Crippen LogP contribution >= 0.6 is 0 Å². The Hall–Kier alpha value is -3.55. The molecule has 0 aliphatic rings. The zero-order chi connectivity index (χ0) is 17.2. The number of non-ortho nitro benzene ring substituents is 1. The van der Waals surface area contributed by atoms with E-state index in [9.17, 15) is 10.1 Å². The van der Waals surface area contributed by atoms with Crippen molar-refractivity contribution in [2.45, 2.75) is 6.61 Å². The molecule has 0 heterocycles. The summed E-state index contributed by atoms with van der Waals surface area (Å²) in [5.41, 5.74) is 1.32. The zero-order valence-electron chi connectivity index (χ0n) is 12.5. The number of azo groups is 1. The molecule has 0 unspecified atom stereocenters. The average Bonchev–Trinajstić information content (AvgIpc) is 2.62. The van der Waals surface area contributed by atoms with Crippen LogP contribution in [0.5, 0.6) is 0 Å². The van der Waals surface area contributed by atoms with Gasteiger partial charge in [-0.25, -0.2) is 0 Å². The van der Waals surface area contributed by atoms with E-state index in [0.717, 1.165) is 18.2 Å². The molecule has 0 fully saturated rings. The summed E-state index contributed by atoms with van der Waals surface area (Å²) in [5.74, 6) is 0.0701. The molecule has 122 valence electrons. The first-order valence-electron chi connectivity index (χ1n) is 6.86. The molecule has 0 saturated carbocycles. The highest BCUT2D eigenvalue weighted by Crippen LogP contribution is 2.19. The molecule has 2 rings (SSSR count). The zero-order valence-corrected chi connectivity index (χ0v) is 12.5. The van der Waals surface area contributed by atoms with E-state index in [2.05, 4.69) is 10.2 Å². The van der Waals surface area contributed by atoms with Crippen molar-refractivity contribution in [3.8, 4) is 0 Å². The summed E-state index contributed by atoms with van der Waals surface area (Å²) in [6.45, 7) is 0.257. The summed E-state index contributed by atoms with van der Waals surface area (Å²) < 4.78 is 10.2. The molecule has 0 aliphatic carbocycles. The number of nitro groups is 1. The molecular formula is C16H14N4O4. The quantitative estimate of drug-likeness (QED) is 0.194. The maximum Gasteiger partial charge on any atom is 0.269 e. The Morgan fingerprint density at radius 1 is 1.17 bits per heavy atom. The third-order valence-corrected chi connectivity index (χ3v) is 2.79. The van der Waals surface area contributed by atoms with Gasteiger partial charge < -0.3 is 9.47 Å². The molecule has 1 N–H and O–H groups in total. The van der Waals surface area contributed by atoms with E-state index in [0.29, 0.717) is 5.69 Å². The van der Waals surface area contributed by atoms with Gasteiger partial charge in [-0.05, 0) is 17.7 Å². The van der Waals surface area contributed by atoms with Crippen LogP contribution in [0.25, 0.3) is 0 Å². The number of nitrogens with zero attached hydrogens (tertiary/aromatic N) is 3. The second-order valence-corrected chi connectivity index (χ2v) is 4.46. The summed E-state index contributed by atoms with van der Waals surface area (Å²) in [6, 6.07) is 15.0. The maximum absolute atomic E-state index is 10.6. The topological polar surface area (TPSA) is 110 Å². The van der Waals surface area contributed by atoms with E-state index in [1.54, 1.807) is 0 Å². The molecule has 2 aromatic rings. The van der Waals surface area contributed by atoms with Crippen LogP contribution in [0.15, 0.2) is 77.0 Å². The lowest BCUT2D eigenvalue weighted by molar-refractivity contribution is -0.384. The lowest BCUT2D eigenvalue weighted by atomic mass is 10.2. The molecule has 0 bridgehead atoms. The molecular weight excluding hydrogens is 312 g/mol. The third kappa shape index (κ3) is 5.34. The molecule has 2 aromatic carbocycles. The first-order chi connectivity index (χ1) is 11.7. The van der Waals surface area contributed by atoms with Gasteiger partial charge in [0.1, 0.15) is 6.61 Å². The van der Waals surface area contributed by atoms with Crippen LogP contribution in [0.2, 0.25) is 0 Å². The maximum atomic E-state index is 10.6. The van der Waals surface area contributed by atoms with Crippen molar-refractivity contribution in [3.63, 3.8) is 0 Å². The smallest absolute Gasteiger partial charge is 0.269 e. The molecule has 0 spiro atoms. The van der Waals surface area contributed by atoms with E-state index in [4.69, 9.17) is 14.9 Å². The summed E-state index contributed by atoms with van der Waals surface area (Å²) in [7, 11) is 0. The Kier molecular flexibility index (Phi) is 6.16. The first-order valence-corrected chi connectivity index (χ1v) is 6.86. The van der Waals surface area contributed by atoms with Gasteiger partial charge in [-0.1, -0.05) is 30.3 Å². The number of benzene rings is 2. The minimum Gasteiger partial charge on any atom is -0.470 e. The Bertz CT molecular complexity index is 742. The van der Waals surface area contributed by atoms with Crippen molar-refractivity contribution >= 4 is 17.8 Å². The van der Waals surface area contributed by atoms with Crippen LogP contribution in [-0.2, 0) is 16.1 Å². The Balaban J connectivity index is 2.04. The van der Waals surface area contributed by atoms with Crippen molar-refractivity contribution in [1.82, 2.24) is 0 Å². The minimum atomic E-state index is -0.493. The second-order valence-electron chi connectivity index (χ2n) is 4.46. The number of nitrogens with one attached hydrogen (secondary N) is 1. The fourth-order valence-electron chi connectivity index (χ4n) is 1.66. The van der Waals surface area contributed by atoms with Gasteiger partial charge in [-0.15, -0.1) is 10.2 Å². The van der Waals surface area contributed by atoms with Crippen molar-refractivity contribution in [3.05, 3.63) is 82.4 Å². The highest BCUT2D eigenvalue weighted by Gasteiger charge is 2.04. The van der Waals surface area contributed by atoms with E-state index in [1.807, 2.05) is 30.3 Å². The van der Waals surface area contributed by atoms with E-state index in [-0.39, 0.29) is 18.2 Å². The fourth-order valence-corrected chi connectivity index (χ4v) is 1.66. The number of rotatable bonds is 8. The highest BCUT2D eigenvalue weighted by molar-refractivity contribution is 5.44. The average molecular weight is 326 g/mol. The summed E-state index contributed by atoms with van der Waals surface area (Å²) >= 11 is 0. The molecule has 0 radical (unpaired) electrons. The Morgan fingerprint density at radius 3 is 2.50 bits per heavy atom. The van der Waals surface area contributed by atoms with Crippen LogP contribution in [0.4, 0.5) is 11.4 Å². The SMILES string of the molecule is N=CO/C=C(\N=Nc1ccc([N+](=O)[O-])cc1)OCc1ccccc1. The monoisotopic (exact) mass is 326 g/mol. The Labute approximate surface area is 137 Å². The van der Waals surface area contributed by atoms with Gasteiger partial charge in [-0.3, -0.25) is 15.5 Å². The number of hydrogen-bond donors (Lipinski definition) is 1. The van der Waals surface area contributed by atoms with Crippen LogP contribution < -0.4 is 0 Å². The van der Waals surface area contributed by atoms with Gasteiger partial charge in [0.05, 0.1) is 10.6 Å². The predicted octanol–water partition coefficient (Wildman–Crippen LogP) is 4.32. The summed E-state index contributed by atoms with van der Waals surface area (Å²) in [4.78, 5) is 10.1. The molecule has 0 atom stereocenters. The third-order valence-electron chi connectivity index (χ3n) is 2.79. The Morgan fingerprint density at radius 2 is 1.88 bits per heavy atom. The van der Waals surface area contributed by atoms with Gasteiger partial charge in [0.25, 0.3) is 11.6 Å². The van der Waals surface area contributed by atoms with Crippen LogP contribution in [0, 0.1) is 15.5 Å². The van der Waals surface area contributed by atoms with Gasteiger partial charge in [0.15, 0.2) is 12.7 Å². The van der Waals surface area contributed by atoms with Crippen LogP contribution in [-0.4, -0.2) is 11.3 Å². The van der Waals surface area contributed by atoms with Gasteiger partial charge in [0.2, 0.25) is 0 Å². The number of nitro benzene ring substituents is 1. The summed E-state index contributed by atoms with van der Waals surface area (Å²) in [6.07, 6.45) is 1.87. The van der Waals surface area contributed by atoms with Crippen molar-refractivity contribution in [1.29, 1.82) is 5.41 Å². The molecule has 0 saturated heterocycles. The molecule has 0 amide bonds.